The van der Waals surface area contributed by atoms with E-state index in [0.717, 1.165) is 51.4 Å². The molecule has 6 nitrogen and oxygen atoms in total. The zero-order valence-electron chi connectivity index (χ0n) is 37.8. The van der Waals surface area contributed by atoms with E-state index in [1.165, 1.54) is 173 Å². The van der Waals surface area contributed by atoms with Gasteiger partial charge in [0.05, 0.1) is 25.2 Å². The Bertz CT molecular complexity index is 847. The molecule has 0 radical (unpaired) electrons. The predicted molar refractivity (Wildman–Crippen MR) is 241 cm³/mol. The Balaban J connectivity index is 4.56. The van der Waals surface area contributed by atoms with Gasteiger partial charge in [0.25, 0.3) is 0 Å². The van der Waals surface area contributed by atoms with Crippen molar-refractivity contribution in [3.05, 3.63) is 12.2 Å². The van der Waals surface area contributed by atoms with Crippen LogP contribution in [0.5, 0.6) is 0 Å². The van der Waals surface area contributed by atoms with Crippen molar-refractivity contribution in [2.75, 3.05) is 6.61 Å². The number of allylic oxidation sites excluding steroid dienone is 2. The number of esters is 1. The first-order valence-electron chi connectivity index (χ1n) is 24.9. The minimum atomic E-state index is -0.787. The summed E-state index contributed by atoms with van der Waals surface area (Å²) in [6.45, 7) is 6.48. The molecule has 0 spiro atoms. The maximum Gasteiger partial charge on any atom is 0.306 e. The van der Waals surface area contributed by atoms with Crippen LogP contribution in [0.3, 0.4) is 0 Å². The van der Waals surface area contributed by atoms with Crippen LogP contribution in [0.1, 0.15) is 271 Å². The van der Waals surface area contributed by atoms with Crippen molar-refractivity contribution in [2.24, 2.45) is 0 Å². The van der Waals surface area contributed by atoms with E-state index in [4.69, 9.17) is 4.74 Å². The number of hydrogen-bond donors (Lipinski definition) is 3. The first-order chi connectivity index (χ1) is 27.5. The second-order valence-corrected chi connectivity index (χ2v) is 17.2. The van der Waals surface area contributed by atoms with Crippen LogP contribution in [0.15, 0.2) is 12.2 Å². The Morgan fingerprint density at radius 3 is 1.30 bits per heavy atom. The molecule has 0 saturated heterocycles. The molecule has 332 valence electrons. The molecule has 0 saturated carbocycles. The van der Waals surface area contributed by atoms with Crippen LogP contribution in [0, 0.1) is 0 Å². The van der Waals surface area contributed by atoms with Crippen molar-refractivity contribution in [1.29, 1.82) is 0 Å². The maximum atomic E-state index is 13.1. The number of hydrogen-bond acceptors (Lipinski definition) is 5. The predicted octanol–water partition coefficient (Wildman–Crippen LogP) is 14.6. The summed E-state index contributed by atoms with van der Waals surface area (Å²) in [6.07, 6.45) is 48.4. The highest BCUT2D eigenvalue weighted by Crippen LogP contribution is 2.17. The SMILES string of the molecule is CCCCCCCCC/C=C\CCCC(CC(=O)NC(CO)C(O)CCCCCCCCCCCCCC)OC(=O)CCCCCCCCCCCCCCC. The Hall–Kier alpha value is -1.40. The number of carbonyl (C=O) groups excluding carboxylic acids is 2. The van der Waals surface area contributed by atoms with Gasteiger partial charge in [-0.2, -0.15) is 0 Å². The lowest BCUT2D eigenvalue weighted by molar-refractivity contribution is -0.151. The summed E-state index contributed by atoms with van der Waals surface area (Å²) in [5, 5.41) is 23.7. The minimum Gasteiger partial charge on any atom is -0.462 e. The molecule has 0 aliphatic heterocycles. The Morgan fingerprint density at radius 2 is 0.875 bits per heavy atom. The lowest BCUT2D eigenvalue weighted by atomic mass is 10.0. The highest BCUT2D eigenvalue weighted by Gasteiger charge is 2.24. The zero-order valence-corrected chi connectivity index (χ0v) is 37.8. The normalized spacial score (nSPS) is 13.3. The largest absolute Gasteiger partial charge is 0.462 e. The van der Waals surface area contributed by atoms with Gasteiger partial charge in [-0.25, -0.2) is 0 Å². The monoisotopic (exact) mass is 792 g/mol. The summed E-state index contributed by atoms with van der Waals surface area (Å²) in [4.78, 5) is 26.0. The molecule has 0 aromatic heterocycles. The number of nitrogens with one attached hydrogen (secondary N) is 1. The molecule has 56 heavy (non-hydrogen) atoms. The van der Waals surface area contributed by atoms with E-state index in [-0.39, 0.29) is 24.9 Å². The molecular weight excluding hydrogens is 695 g/mol. The van der Waals surface area contributed by atoms with Gasteiger partial charge in [-0.15, -0.1) is 0 Å². The molecule has 3 N–H and O–H groups in total. The molecule has 6 heteroatoms. The molecule has 3 unspecified atom stereocenters. The van der Waals surface area contributed by atoms with E-state index in [9.17, 15) is 19.8 Å². The standard InChI is InChI=1S/C50H97NO5/c1-4-7-10-13-16-19-22-25-28-31-34-37-40-43-50(55)56-46(41-38-35-32-29-26-23-20-17-14-11-8-5-2)44-49(54)51-47(45-52)48(53)42-39-36-33-30-27-24-21-18-15-12-9-6-3/h29,32,46-48,52-53H,4-28,30-31,33-45H2,1-3H3,(H,51,54)/b32-29-. The third kappa shape index (κ3) is 39.4. The molecule has 0 aliphatic carbocycles. The Kier molecular flexibility index (Phi) is 43.6. The summed E-state index contributed by atoms with van der Waals surface area (Å²) in [5.41, 5.74) is 0. The molecule has 3 atom stereocenters. The van der Waals surface area contributed by atoms with Crippen LogP contribution < -0.4 is 5.32 Å². The molecule has 0 rings (SSSR count). The number of aliphatic hydroxyl groups excluding tert-OH is 2. The minimum absolute atomic E-state index is 0.0634. The lowest BCUT2D eigenvalue weighted by Gasteiger charge is -2.24. The van der Waals surface area contributed by atoms with Gasteiger partial charge in [0.2, 0.25) is 5.91 Å². The molecule has 0 aliphatic rings. The van der Waals surface area contributed by atoms with Crippen molar-refractivity contribution in [1.82, 2.24) is 5.32 Å². The van der Waals surface area contributed by atoms with Crippen LogP contribution >= 0.6 is 0 Å². The van der Waals surface area contributed by atoms with Gasteiger partial charge in [0, 0.05) is 6.42 Å². The van der Waals surface area contributed by atoms with Crippen LogP contribution in [-0.4, -0.2) is 46.9 Å². The van der Waals surface area contributed by atoms with Crippen molar-refractivity contribution in [3.8, 4) is 0 Å². The molecule has 0 aromatic rings. The first kappa shape index (κ1) is 54.6. The fraction of sp³-hybridized carbons (Fsp3) is 0.920. The van der Waals surface area contributed by atoms with Crippen molar-refractivity contribution >= 4 is 11.9 Å². The molecule has 0 bridgehead atoms. The number of carbonyl (C=O) groups is 2. The average Bonchev–Trinajstić information content (AvgIpc) is 3.19. The van der Waals surface area contributed by atoms with Crippen molar-refractivity contribution in [2.45, 2.75) is 289 Å². The molecule has 1 amide bonds. The van der Waals surface area contributed by atoms with Gasteiger partial charge in [0.15, 0.2) is 0 Å². The van der Waals surface area contributed by atoms with E-state index >= 15 is 0 Å². The van der Waals surface area contributed by atoms with Crippen molar-refractivity contribution in [3.63, 3.8) is 0 Å². The first-order valence-corrected chi connectivity index (χ1v) is 24.9. The average molecular weight is 792 g/mol. The maximum absolute atomic E-state index is 13.1. The highest BCUT2D eigenvalue weighted by atomic mass is 16.5. The van der Waals surface area contributed by atoms with E-state index in [1.54, 1.807) is 0 Å². The van der Waals surface area contributed by atoms with E-state index < -0.39 is 18.2 Å². The summed E-state index contributed by atoms with van der Waals surface area (Å²) in [5.74, 6) is -0.489. The number of aliphatic hydroxyl groups is 2. The van der Waals surface area contributed by atoms with Gasteiger partial charge in [-0.3, -0.25) is 9.59 Å². The lowest BCUT2D eigenvalue weighted by Crippen LogP contribution is -2.46. The fourth-order valence-electron chi connectivity index (χ4n) is 7.78. The molecular formula is C50H97NO5. The zero-order chi connectivity index (χ0) is 41.0. The van der Waals surface area contributed by atoms with Crippen LogP contribution in [-0.2, 0) is 14.3 Å². The van der Waals surface area contributed by atoms with E-state index in [0.29, 0.717) is 19.3 Å². The number of rotatable bonds is 45. The highest BCUT2D eigenvalue weighted by molar-refractivity contribution is 5.77. The third-order valence-electron chi connectivity index (χ3n) is 11.6. The smallest absolute Gasteiger partial charge is 0.306 e. The summed E-state index contributed by atoms with van der Waals surface area (Å²) < 4.78 is 5.90. The van der Waals surface area contributed by atoms with Gasteiger partial charge >= 0.3 is 5.97 Å². The topological polar surface area (TPSA) is 95.9 Å². The van der Waals surface area contributed by atoms with Crippen LogP contribution in [0.2, 0.25) is 0 Å². The number of ether oxygens (including phenoxy) is 1. The summed E-state index contributed by atoms with van der Waals surface area (Å²) in [7, 11) is 0. The van der Waals surface area contributed by atoms with Gasteiger partial charge in [0.1, 0.15) is 6.10 Å². The quantitative estimate of drug-likeness (QED) is 0.0324. The third-order valence-corrected chi connectivity index (χ3v) is 11.6. The van der Waals surface area contributed by atoms with E-state index in [1.807, 2.05) is 0 Å². The number of unbranched alkanes of at least 4 members (excludes halogenated alkanes) is 31. The van der Waals surface area contributed by atoms with E-state index in [2.05, 4.69) is 38.2 Å². The van der Waals surface area contributed by atoms with Crippen LogP contribution in [0.4, 0.5) is 0 Å². The second kappa shape index (κ2) is 44.7. The number of amides is 1. The molecule has 0 heterocycles. The molecule has 0 aromatic carbocycles. The van der Waals surface area contributed by atoms with Gasteiger partial charge in [-0.05, 0) is 44.9 Å². The Morgan fingerprint density at radius 1 is 0.500 bits per heavy atom. The van der Waals surface area contributed by atoms with Gasteiger partial charge in [-0.1, -0.05) is 226 Å². The second-order valence-electron chi connectivity index (χ2n) is 17.2. The Labute approximate surface area is 349 Å². The van der Waals surface area contributed by atoms with Crippen molar-refractivity contribution < 1.29 is 24.5 Å². The fourth-order valence-corrected chi connectivity index (χ4v) is 7.78. The summed E-state index contributed by atoms with van der Waals surface area (Å²) >= 11 is 0. The molecule has 0 fully saturated rings. The summed E-state index contributed by atoms with van der Waals surface area (Å²) in [6, 6.07) is -0.702. The van der Waals surface area contributed by atoms with Gasteiger partial charge < -0.3 is 20.3 Å². The van der Waals surface area contributed by atoms with Crippen LogP contribution in [0.25, 0.3) is 0 Å².